The molecule has 1 aromatic heterocycles. The van der Waals surface area contributed by atoms with Crippen molar-refractivity contribution in [1.29, 1.82) is 0 Å². The molecule has 6 nitrogen and oxygen atoms in total. The predicted molar refractivity (Wildman–Crippen MR) is 112 cm³/mol. The summed E-state index contributed by atoms with van der Waals surface area (Å²) >= 11 is 0. The van der Waals surface area contributed by atoms with E-state index in [1.54, 1.807) is 24.3 Å². The number of hydrogen-bond donors (Lipinski definition) is 1. The highest BCUT2D eigenvalue weighted by atomic mass is 16.5. The van der Waals surface area contributed by atoms with Crippen LogP contribution in [0.5, 0.6) is 0 Å². The molecular weight excluding hydrogens is 378 g/mol. The topological polar surface area (TPSA) is 77.2 Å². The smallest absolute Gasteiger partial charge is 0.159 e. The van der Waals surface area contributed by atoms with Crippen LogP contribution in [0.3, 0.4) is 0 Å². The molecule has 0 spiro atoms. The van der Waals surface area contributed by atoms with Gasteiger partial charge < -0.3 is 9.84 Å². The summed E-state index contributed by atoms with van der Waals surface area (Å²) in [5.41, 5.74) is -0.471. The minimum absolute atomic E-state index is 0.143. The average molecular weight is 416 g/mol. The predicted octanol–water partition coefficient (Wildman–Crippen LogP) is 3.49. The summed E-state index contributed by atoms with van der Waals surface area (Å²) in [6.45, 7) is 3.20. The van der Waals surface area contributed by atoms with Crippen molar-refractivity contribution in [3.63, 3.8) is 0 Å². The SMILES string of the molecule is COC[C@@]1(O)CC[C@@H]2C3CC[C@@]4(C)C(CC[C@@H]4C(=O)Cn4nccn4)C3CC[C@H]2C1. The van der Waals surface area contributed by atoms with Crippen molar-refractivity contribution in [1.82, 2.24) is 15.0 Å². The van der Waals surface area contributed by atoms with Crippen LogP contribution in [-0.2, 0) is 16.1 Å². The van der Waals surface area contributed by atoms with Crippen molar-refractivity contribution < 1.29 is 14.6 Å². The summed E-state index contributed by atoms with van der Waals surface area (Å²) < 4.78 is 5.32. The van der Waals surface area contributed by atoms with Gasteiger partial charge in [0.2, 0.25) is 0 Å². The van der Waals surface area contributed by atoms with Crippen molar-refractivity contribution in [3.8, 4) is 0 Å². The highest BCUT2D eigenvalue weighted by Crippen LogP contribution is 2.64. The number of carbonyl (C=O) groups is 1. The van der Waals surface area contributed by atoms with Gasteiger partial charge in [-0.15, -0.1) is 0 Å². The molecule has 8 atom stereocenters. The number of Topliss-reactive ketones (excluding diaryl/α,β-unsaturated/α-hetero) is 1. The number of hydrogen-bond acceptors (Lipinski definition) is 5. The molecule has 1 heterocycles. The molecule has 0 aromatic carbocycles. The summed E-state index contributed by atoms with van der Waals surface area (Å²) in [5, 5.41) is 19.2. The van der Waals surface area contributed by atoms with Crippen LogP contribution >= 0.6 is 0 Å². The van der Waals surface area contributed by atoms with Crippen LogP contribution in [0.25, 0.3) is 0 Å². The fourth-order valence-electron chi connectivity index (χ4n) is 8.47. The number of ether oxygens (including phenoxy) is 1. The molecule has 0 bridgehead atoms. The second kappa shape index (κ2) is 7.70. The first-order chi connectivity index (χ1) is 14.4. The molecular formula is C24H37N3O3. The molecule has 4 fully saturated rings. The molecule has 0 radical (unpaired) electrons. The highest BCUT2D eigenvalue weighted by molar-refractivity contribution is 5.81. The van der Waals surface area contributed by atoms with Gasteiger partial charge in [-0.1, -0.05) is 6.92 Å². The first-order valence-electron chi connectivity index (χ1n) is 12.0. The Morgan fingerprint density at radius 1 is 1.07 bits per heavy atom. The van der Waals surface area contributed by atoms with Gasteiger partial charge in [0.15, 0.2) is 5.78 Å². The Bertz CT molecular complexity index is 768. The monoisotopic (exact) mass is 415 g/mol. The van der Waals surface area contributed by atoms with Crippen molar-refractivity contribution >= 4 is 5.78 Å². The van der Waals surface area contributed by atoms with Crippen LogP contribution in [-0.4, -0.2) is 45.2 Å². The quantitative estimate of drug-likeness (QED) is 0.796. The zero-order chi connectivity index (χ0) is 20.9. The molecule has 30 heavy (non-hydrogen) atoms. The van der Waals surface area contributed by atoms with E-state index in [1.165, 1.54) is 32.1 Å². The lowest BCUT2D eigenvalue weighted by atomic mass is 9.49. The number of carbonyl (C=O) groups excluding carboxylic acids is 1. The molecule has 4 aliphatic rings. The first kappa shape index (κ1) is 20.6. The largest absolute Gasteiger partial charge is 0.387 e. The van der Waals surface area contributed by atoms with Crippen molar-refractivity contribution in [2.24, 2.45) is 40.9 Å². The Balaban J connectivity index is 1.29. The maximum Gasteiger partial charge on any atom is 0.159 e. The van der Waals surface area contributed by atoms with E-state index in [-0.39, 0.29) is 11.3 Å². The minimum Gasteiger partial charge on any atom is -0.387 e. The van der Waals surface area contributed by atoms with Gasteiger partial charge in [-0.05, 0) is 92.8 Å². The van der Waals surface area contributed by atoms with Gasteiger partial charge >= 0.3 is 0 Å². The molecule has 0 amide bonds. The van der Waals surface area contributed by atoms with Gasteiger partial charge in [-0.25, -0.2) is 0 Å². The summed E-state index contributed by atoms with van der Waals surface area (Å²) in [6.07, 6.45) is 13.4. The lowest BCUT2D eigenvalue weighted by molar-refractivity contribution is -0.137. The Labute approximate surface area is 179 Å². The second-order valence-electron chi connectivity index (χ2n) is 11.0. The van der Waals surface area contributed by atoms with E-state index >= 15 is 0 Å². The van der Waals surface area contributed by atoms with Crippen LogP contribution in [0.4, 0.5) is 0 Å². The van der Waals surface area contributed by atoms with Gasteiger partial charge in [-0.3, -0.25) is 4.79 Å². The van der Waals surface area contributed by atoms with E-state index < -0.39 is 5.60 Å². The Kier molecular flexibility index (Phi) is 5.29. The molecule has 3 unspecified atom stereocenters. The highest BCUT2D eigenvalue weighted by Gasteiger charge is 2.59. The molecule has 1 aromatic rings. The molecule has 0 aliphatic heterocycles. The van der Waals surface area contributed by atoms with Crippen molar-refractivity contribution in [2.75, 3.05) is 13.7 Å². The first-order valence-corrected chi connectivity index (χ1v) is 12.0. The lowest BCUT2D eigenvalue weighted by Crippen LogP contribution is -2.52. The van der Waals surface area contributed by atoms with Crippen LogP contribution in [0, 0.1) is 40.9 Å². The van der Waals surface area contributed by atoms with Gasteiger partial charge in [0.05, 0.1) is 24.6 Å². The van der Waals surface area contributed by atoms with E-state index in [0.717, 1.165) is 43.4 Å². The van der Waals surface area contributed by atoms with Crippen LogP contribution < -0.4 is 0 Å². The summed E-state index contributed by atoms with van der Waals surface area (Å²) in [4.78, 5) is 14.7. The summed E-state index contributed by atoms with van der Waals surface area (Å²) in [5.74, 6) is 4.12. The summed E-state index contributed by atoms with van der Waals surface area (Å²) in [6, 6.07) is 0. The number of methoxy groups -OCH3 is 1. The molecule has 0 saturated heterocycles. The number of nitrogens with zero attached hydrogens (tertiary/aromatic N) is 3. The molecule has 1 N–H and O–H groups in total. The van der Waals surface area contributed by atoms with E-state index in [4.69, 9.17) is 4.74 Å². The van der Waals surface area contributed by atoms with Gasteiger partial charge in [-0.2, -0.15) is 15.0 Å². The Hall–Kier alpha value is -1.27. The molecule has 4 saturated carbocycles. The Morgan fingerprint density at radius 3 is 2.60 bits per heavy atom. The average Bonchev–Trinajstić information content (AvgIpc) is 3.34. The fraction of sp³-hybridized carbons (Fsp3) is 0.875. The second-order valence-corrected chi connectivity index (χ2v) is 11.0. The van der Waals surface area contributed by atoms with Crippen molar-refractivity contribution in [2.45, 2.75) is 76.9 Å². The van der Waals surface area contributed by atoms with E-state index in [9.17, 15) is 9.90 Å². The third kappa shape index (κ3) is 3.35. The lowest BCUT2D eigenvalue weighted by Gasteiger charge is -2.57. The van der Waals surface area contributed by atoms with Gasteiger partial charge in [0.1, 0.15) is 6.54 Å². The number of rotatable bonds is 5. The summed E-state index contributed by atoms with van der Waals surface area (Å²) in [7, 11) is 1.70. The maximum absolute atomic E-state index is 13.2. The van der Waals surface area contributed by atoms with E-state index in [2.05, 4.69) is 17.1 Å². The standard InChI is InChI=1S/C24H37N3O3/c1-23-9-7-18-17-8-10-24(29,15-30-2)13-16(17)3-4-19(18)20(23)5-6-21(23)22(28)14-27-25-11-12-26-27/h11-12,16-21,29H,3-10,13-15H2,1-2H3/t16-,17-,18?,19?,20?,21+,23-,24+/m0/s1. The minimum atomic E-state index is -0.614. The molecule has 166 valence electrons. The normalized spacial score (nSPS) is 45.4. The molecule has 4 aliphatic carbocycles. The number of aliphatic hydroxyl groups is 1. The Morgan fingerprint density at radius 2 is 1.83 bits per heavy atom. The third-order valence-corrected chi connectivity index (χ3v) is 9.67. The van der Waals surface area contributed by atoms with Crippen LogP contribution in [0.2, 0.25) is 0 Å². The number of ketones is 1. The zero-order valence-corrected chi connectivity index (χ0v) is 18.5. The molecule has 5 rings (SSSR count). The van der Waals surface area contributed by atoms with E-state index in [1.807, 2.05) is 0 Å². The van der Waals surface area contributed by atoms with Crippen molar-refractivity contribution in [3.05, 3.63) is 12.4 Å². The zero-order valence-electron chi connectivity index (χ0n) is 18.5. The van der Waals surface area contributed by atoms with E-state index in [0.29, 0.717) is 30.8 Å². The number of fused-ring (bicyclic) bond motifs is 5. The van der Waals surface area contributed by atoms with Crippen LogP contribution in [0.1, 0.15) is 64.7 Å². The number of aromatic nitrogens is 3. The van der Waals surface area contributed by atoms with Gasteiger partial charge in [0.25, 0.3) is 0 Å². The fourth-order valence-corrected chi connectivity index (χ4v) is 8.47. The maximum atomic E-state index is 13.2. The third-order valence-electron chi connectivity index (χ3n) is 9.67. The molecule has 6 heteroatoms. The van der Waals surface area contributed by atoms with Gasteiger partial charge in [0, 0.05) is 13.0 Å². The van der Waals surface area contributed by atoms with Crippen LogP contribution in [0.15, 0.2) is 12.4 Å².